The van der Waals surface area contributed by atoms with Crippen molar-refractivity contribution >= 4 is 29.1 Å². The molecule has 1 saturated carbocycles. The Balaban J connectivity index is 0.000000493. The van der Waals surface area contributed by atoms with Crippen molar-refractivity contribution in [1.82, 2.24) is 10.8 Å². The van der Waals surface area contributed by atoms with E-state index in [2.05, 4.69) is 10.8 Å². The van der Waals surface area contributed by atoms with Gasteiger partial charge in [-0.15, -0.1) is 0 Å². The van der Waals surface area contributed by atoms with Gasteiger partial charge in [-0.3, -0.25) is 18.9 Å². The van der Waals surface area contributed by atoms with Crippen LogP contribution in [0.15, 0.2) is 53.4 Å². The molecule has 6 N–H and O–H groups in total. The topological polar surface area (TPSA) is 187 Å². The minimum absolute atomic E-state index is 0.0741. The van der Waals surface area contributed by atoms with E-state index in [1.54, 1.807) is 32.4 Å². The van der Waals surface area contributed by atoms with E-state index in [0.717, 1.165) is 24.8 Å². The Morgan fingerprint density at radius 1 is 1.00 bits per heavy atom. The largest absolute Gasteiger partial charge is 0.493 e. The van der Waals surface area contributed by atoms with Gasteiger partial charge in [0, 0.05) is 6.54 Å². The second-order valence-corrected chi connectivity index (χ2v) is 11.0. The van der Waals surface area contributed by atoms with E-state index in [1.165, 1.54) is 12.1 Å². The SMILES string of the molecule is COc1ccc(CCNC(=O)C2(C(=O)NOB(O)CCCCN)CCCC2)cc1OC.O=S(=O)(O)c1ccccc1. The van der Waals surface area contributed by atoms with Gasteiger partial charge in [-0.1, -0.05) is 43.5 Å². The molecule has 1 aliphatic rings. The summed E-state index contributed by atoms with van der Waals surface area (Å²) in [5, 5.41) is 12.7. The highest BCUT2D eigenvalue weighted by Crippen LogP contribution is 2.38. The number of rotatable bonds is 14. The van der Waals surface area contributed by atoms with Crippen molar-refractivity contribution in [2.45, 2.75) is 56.2 Å². The van der Waals surface area contributed by atoms with E-state index in [-0.39, 0.29) is 10.8 Å². The number of hydrogen-bond donors (Lipinski definition) is 5. The van der Waals surface area contributed by atoms with E-state index in [1.807, 2.05) is 18.2 Å². The number of nitrogens with two attached hydrogens (primary N) is 1. The number of hydrogen-bond acceptors (Lipinski definition) is 9. The number of benzene rings is 2. The van der Waals surface area contributed by atoms with Gasteiger partial charge < -0.3 is 25.5 Å². The molecule has 3 rings (SSSR count). The zero-order valence-corrected chi connectivity index (χ0v) is 24.3. The molecule has 2 aromatic carbocycles. The molecule has 41 heavy (non-hydrogen) atoms. The molecule has 14 heteroatoms. The third kappa shape index (κ3) is 10.6. The predicted molar refractivity (Wildman–Crippen MR) is 154 cm³/mol. The first-order chi connectivity index (χ1) is 19.6. The Bertz CT molecular complexity index is 1210. The zero-order chi connectivity index (χ0) is 30.3. The summed E-state index contributed by atoms with van der Waals surface area (Å²) in [6.45, 7) is 0.914. The number of methoxy groups -OCH3 is 2. The summed E-state index contributed by atoms with van der Waals surface area (Å²) in [6.07, 6.45) is 4.88. The highest BCUT2D eigenvalue weighted by atomic mass is 32.2. The number of nitrogens with one attached hydrogen (secondary N) is 2. The molecule has 0 atom stereocenters. The molecular weight excluding hydrogens is 553 g/mol. The van der Waals surface area contributed by atoms with Gasteiger partial charge in [-0.05, 0) is 68.4 Å². The summed E-state index contributed by atoms with van der Waals surface area (Å²) >= 11 is 0. The van der Waals surface area contributed by atoms with Crippen molar-refractivity contribution < 1.29 is 41.8 Å². The molecule has 0 aliphatic heterocycles. The lowest BCUT2D eigenvalue weighted by atomic mass is 9.82. The van der Waals surface area contributed by atoms with E-state index in [4.69, 9.17) is 24.5 Å². The first-order valence-corrected chi connectivity index (χ1v) is 14.9. The van der Waals surface area contributed by atoms with Gasteiger partial charge in [0.25, 0.3) is 16.0 Å². The van der Waals surface area contributed by atoms with Crippen LogP contribution in [0.2, 0.25) is 6.32 Å². The molecule has 2 amide bonds. The van der Waals surface area contributed by atoms with Crippen LogP contribution in [0, 0.1) is 5.41 Å². The fourth-order valence-corrected chi connectivity index (χ4v) is 4.90. The summed E-state index contributed by atoms with van der Waals surface area (Å²) in [5.41, 5.74) is 7.53. The molecule has 0 saturated heterocycles. The molecule has 2 aromatic rings. The first-order valence-electron chi connectivity index (χ1n) is 13.4. The third-order valence-corrected chi connectivity index (χ3v) is 7.58. The van der Waals surface area contributed by atoms with Crippen molar-refractivity contribution in [2.75, 3.05) is 27.3 Å². The zero-order valence-electron chi connectivity index (χ0n) is 23.5. The van der Waals surface area contributed by atoms with E-state index < -0.39 is 28.6 Å². The maximum atomic E-state index is 12.9. The molecule has 1 fully saturated rings. The Morgan fingerprint density at radius 3 is 2.22 bits per heavy atom. The Hall–Kier alpha value is -3.17. The lowest BCUT2D eigenvalue weighted by Gasteiger charge is -2.26. The van der Waals surface area contributed by atoms with Crippen LogP contribution in [0.5, 0.6) is 11.5 Å². The van der Waals surface area contributed by atoms with E-state index >= 15 is 0 Å². The second-order valence-electron chi connectivity index (χ2n) is 9.56. The van der Waals surface area contributed by atoms with Crippen molar-refractivity contribution in [2.24, 2.45) is 11.1 Å². The van der Waals surface area contributed by atoms with E-state index in [0.29, 0.717) is 56.6 Å². The van der Waals surface area contributed by atoms with Gasteiger partial charge in [0.15, 0.2) is 11.5 Å². The Morgan fingerprint density at radius 2 is 1.66 bits per heavy atom. The van der Waals surface area contributed by atoms with Gasteiger partial charge >= 0.3 is 7.12 Å². The molecule has 12 nitrogen and oxygen atoms in total. The van der Waals surface area contributed by atoms with Gasteiger partial charge in [-0.2, -0.15) is 8.42 Å². The maximum absolute atomic E-state index is 12.9. The monoisotopic (exact) mass is 593 g/mol. The summed E-state index contributed by atoms with van der Waals surface area (Å²) in [5.74, 6) is 0.443. The lowest BCUT2D eigenvalue weighted by Crippen LogP contribution is -2.51. The maximum Gasteiger partial charge on any atom is 0.479 e. The first kappa shape index (κ1) is 34.0. The van der Waals surface area contributed by atoms with Crippen LogP contribution in [0.1, 0.15) is 44.1 Å². The highest BCUT2D eigenvalue weighted by Gasteiger charge is 2.48. The normalized spacial score (nSPS) is 13.9. The number of unbranched alkanes of at least 4 members (excludes halogenated alkanes) is 1. The summed E-state index contributed by atoms with van der Waals surface area (Å²) < 4.78 is 44.8. The highest BCUT2D eigenvalue weighted by molar-refractivity contribution is 7.85. The van der Waals surface area contributed by atoms with Crippen LogP contribution >= 0.6 is 0 Å². The summed E-state index contributed by atoms with van der Waals surface area (Å²) in [6, 6.07) is 13.0. The van der Waals surface area contributed by atoms with Crippen molar-refractivity contribution in [3.05, 3.63) is 54.1 Å². The van der Waals surface area contributed by atoms with Crippen molar-refractivity contribution in [1.29, 1.82) is 0 Å². The van der Waals surface area contributed by atoms with Crippen LogP contribution in [0.3, 0.4) is 0 Å². The molecule has 0 aromatic heterocycles. The standard InChI is InChI=1S/C21H34BN3O6.C6H6O3S/c1-29-17-8-7-16(15-18(17)30-2)9-14-24-19(26)21(10-3-4-11-21)20(27)25-31-22(28)12-5-6-13-23;7-10(8,9)6-4-2-1-3-5-6/h7-8,15,28H,3-6,9-14,23H2,1-2H3,(H,24,26)(H,25,27);1-5H,(H,7,8,9). The quantitative estimate of drug-likeness (QED) is 0.0714. The molecule has 0 unspecified atom stereocenters. The Labute approximate surface area is 241 Å². The minimum atomic E-state index is -4.00. The fourth-order valence-electron chi connectivity index (χ4n) is 4.40. The molecule has 0 spiro atoms. The van der Waals surface area contributed by atoms with E-state index in [9.17, 15) is 23.0 Å². The van der Waals surface area contributed by atoms with Gasteiger partial charge in [-0.25, -0.2) is 5.48 Å². The summed E-state index contributed by atoms with van der Waals surface area (Å²) in [7, 11) is -1.98. The van der Waals surface area contributed by atoms with Gasteiger partial charge in [0.1, 0.15) is 5.41 Å². The molecular formula is C27H40BN3O9S. The fraction of sp³-hybridized carbons (Fsp3) is 0.481. The minimum Gasteiger partial charge on any atom is -0.493 e. The number of carbonyl (C=O) groups is 2. The predicted octanol–water partition coefficient (Wildman–Crippen LogP) is 2.12. The number of ether oxygens (including phenoxy) is 2. The number of carbonyl (C=O) groups excluding carboxylic acids is 2. The summed E-state index contributed by atoms with van der Waals surface area (Å²) in [4.78, 5) is 25.6. The molecule has 0 heterocycles. The lowest BCUT2D eigenvalue weighted by molar-refractivity contribution is -0.148. The van der Waals surface area contributed by atoms with Crippen molar-refractivity contribution in [3.8, 4) is 11.5 Å². The average Bonchev–Trinajstić information content (AvgIpc) is 3.48. The van der Waals surface area contributed by atoms with Crippen molar-refractivity contribution in [3.63, 3.8) is 0 Å². The van der Waals surface area contributed by atoms with Crippen LogP contribution < -0.4 is 26.0 Å². The molecule has 226 valence electrons. The van der Waals surface area contributed by atoms with Crippen LogP contribution in [-0.2, 0) is 30.9 Å². The molecule has 0 radical (unpaired) electrons. The number of amides is 2. The molecule has 0 bridgehead atoms. The van der Waals surface area contributed by atoms with Gasteiger partial charge in [0.2, 0.25) is 5.91 Å². The third-order valence-electron chi connectivity index (χ3n) is 6.71. The second kappa shape index (κ2) is 16.9. The average molecular weight is 594 g/mol. The van der Waals surface area contributed by atoms with Crippen LogP contribution in [0.25, 0.3) is 0 Å². The number of hydroxylamine groups is 1. The Kier molecular flexibility index (Phi) is 14.1. The van der Waals surface area contributed by atoms with Crippen LogP contribution in [-0.4, -0.2) is 64.2 Å². The van der Waals surface area contributed by atoms with Gasteiger partial charge in [0.05, 0.1) is 19.1 Å². The smallest absolute Gasteiger partial charge is 0.479 e. The van der Waals surface area contributed by atoms with Crippen LogP contribution in [0.4, 0.5) is 0 Å². The molecule has 1 aliphatic carbocycles.